The maximum Gasteiger partial charge on any atom is 0.0575 e. The van der Waals surface area contributed by atoms with E-state index in [0.29, 0.717) is 6.10 Å². The summed E-state index contributed by atoms with van der Waals surface area (Å²) in [5.74, 6) is 0.851. The molecule has 1 rings (SSSR count). The van der Waals surface area contributed by atoms with Gasteiger partial charge in [-0.15, -0.1) is 0 Å². The van der Waals surface area contributed by atoms with Crippen LogP contribution in [0.25, 0.3) is 0 Å². The van der Waals surface area contributed by atoms with E-state index in [1.807, 2.05) is 0 Å². The van der Waals surface area contributed by atoms with Crippen molar-refractivity contribution < 1.29 is 4.74 Å². The number of hydrogen-bond acceptors (Lipinski definition) is 2. The van der Waals surface area contributed by atoms with Crippen molar-refractivity contribution in [2.24, 2.45) is 5.92 Å². The van der Waals surface area contributed by atoms with E-state index in [1.54, 1.807) is 0 Å². The van der Waals surface area contributed by atoms with Gasteiger partial charge >= 0.3 is 0 Å². The second kappa shape index (κ2) is 5.55. The van der Waals surface area contributed by atoms with Crippen molar-refractivity contribution in [3.05, 3.63) is 0 Å². The molecule has 2 nitrogen and oxygen atoms in total. The Kier molecular flexibility index (Phi) is 4.62. The Bertz CT molecular complexity index is 116. The Morgan fingerprint density at radius 2 is 2.25 bits per heavy atom. The number of rotatable bonds is 4. The van der Waals surface area contributed by atoms with E-state index in [9.17, 15) is 0 Å². The molecule has 2 atom stereocenters. The molecule has 1 heterocycles. The summed E-state index contributed by atoms with van der Waals surface area (Å²) in [6.45, 7) is 7.61. The fourth-order valence-electron chi connectivity index (χ4n) is 1.78. The van der Waals surface area contributed by atoms with E-state index in [4.69, 9.17) is 4.74 Å². The summed E-state index contributed by atoms with van der Waals surface area (Å²) in [4.78, 5) is 0. The topological polar surface area (TPSA) is 21.3 Å². The molecule has 0 aromatic rings. The Morgan fingerprint density at radius 1 is 1.42 bits per heavy atom. The van der Waals surface area contributed by atoms with E-state index >= 15 is 0 Å². The fourth-order valence-corrected chi connectivity index (χ4v) is 1.78. The average molecular weight is 171 g/mol. The SMILES string of the molecule is CCNCC1CCOC(CC)C1. The zero-order valence-electron chi connectivity index (χ0n) is 8.31. The van der Waals surface area contributed by atoms with E-state index in [1.165, 1.54) is 25.8 Å². The van der Waals surface area contributed by atoms with Crippen LogP contribution in [-0.4, -0.2) is 25.8 Å². The van der Waals surface area contributed by atoms with Crippen molar-refractivity contribution in [1.82, 2.24) is 5.32 Å². The van der Waals surface area contributed by atoms with Crippen LogP contribution in [0, 0.1) is 5.92 Å². The summed E-state index contributed by atoms with van der Waals surface area (Å²) in [6, 6.07) is 0. The van der Waals surface area contributed by atoms with Crippen LogP contribution in [0.15, 0.2) is 0 Å². The molecule has 2 unspecified atom stereocenters. The summed E-state index contributed by atoms with van der Waals surface area (Å²) in [5, 5.41) is 3.41. The molecule has 72 valence electrons. The maximum atomic E-state index is 5.61. The van der Waals surface area contributed by atoms with E-state index in [0.717, 1.165) is 19.1 Å². The fraction of sp³-hybridized carbons (Fsp3) is 1.00. The largest absolute Gasteiger partial charge is 0.378 e. The van der Waals surface area contributed by atoms with Gasteiger partial charge < -0.3 is 10.1 Å². The molecule has 0 bridgehead atoms. The smallest absolute Gasteiger partial charge is 0.0575 e. The lowest BCUT2D eigenvalue weighted by Crippen LogP contribution is -2.32. The molecule has 0 aliphatic carbocycles. The monoisotopic (exact) mass is 171 g/mol. The highest BCUT2D eigenvalue weighted by Crippen LogP contribution is 2.21. The van der Waals surface area contributed by atoms with Crippen molar-refractivity contribution in [3.8, 4) is 0 Å². The van der Waals surface area contributed by atoms with Gasteiger partial charge in [-0.25, -0.2) is 0 Å². The van der Waals surface area contributed by atoms with Crippen molar-refractivity contribution in [2.45, 2.75) is 39.2 Å². The highest BCUT2D eigenvalue weighted by molar-refractivity contribution is 4.72. The molecule has 2 heteroatoms. The van der Waals surface area contributed by atoms with Gasteiger partial charge in [0.05, 0.1) is 6.10 Å². The molecule has 1 fully saturated rings. The third-order valence-corrected chi connectivity index (χ3v) is 2.61. The molecule has 0 spiro atoms. The Hall–Kier alpha value is -0.0800. The lowest BCUT2D eigenvalue weighted by Gasteiger charge is -2.28. The van der Waals surface area contributed by atoms with Gasteiger partial charge in [0.15, 0.2) is 0 Å². The van der Waals surface area contributed by atoms with Gasteiger partial charge in [-0.1, -0.05) is 13.8 Å². The summed E-state index contributed by atoms with van der Waals surface area (Å²) < 4.78 is 5.61. The predicted octanol–water partition coefficient (Wildman–Crippen LogP) is 1.80. The van der Waals surface area contributed by atoms with Crippen molar-refractivity contribution in [3.63, 3.8) is 0 Å². The van der Waals surface area contributed by atoms with Crippen LogP contribution >= 0.6 is 0 Å². The van der Waals surface area contributed by atoms with Crippen molar-refractivity contribution in [1.29, 1.82) is 0 Å². The summed E-state index contributed by atoms with van der Waals surface area (Å²) in [7, 11) is 0. The molecular formula is C10H21NO. The Balaban J connectivity index is 2.16. The number of hydrogen-bond donors (Lipinski definition) is 1. The van der Waals surface area contributed by atoms with Crippen LogP contribution in [0.3, 0.4) is 0 Å². The molecule has 0 aromatic carbocycles. The van der Waals surface area contributed by atoms with Crippen molar-refractivity contribution >= 4 is 0 Å². The minimum atomic E-state index is 0.530. The first-order valence-corrected chi connectivity index (χ1v) is 5.19. The van der Waals surface area contributed by atoms with Gasteiger partial charge in [0, 0.05) is 6.61 Å². The van der Waals surface area contributed by atoms with Gasteiger partial charge in [-0.2, -0.15) is 0 Å². The Morgan fingerprint density at radius 3 is 2.92 bits per heavy atom. The lowest BCUT2D eigenvalue weighted by molar-refractivity contribution is -0.00993. The molecule has 0 radical (unpaired) electrons. The summed E-state index contributed by atoms with van der Waals surface area (Å²) in [6.07, 6.45) is 4.19. The molecule has 1 saturated heterocycles. The van der Waals surface area contributed by atoms with Gasteiger partial charge in [-0.3, -0.25) is 0 Å². The third kappa shape index (κ3) is 3.11. The molecule has 1 aliphatic heterocycles. The van der Waals surface area contributed by atoms with Crippen LogP contribution in [0.4, 0.5) is 0 Å². The first kappa shape index (κ1) is 10.0. The molecule has 1 aliphatic rings. The third-order valence-electron chi connectivity index (χ3n) is 2.61. The second-order valence-corrected chi connectivity index (χ2v) is 3.60. The highest BCUT2D eigenvalue weighted by Gasteiger charge is 2.20. The number of nitrogens with one attached hydrogen (secondary N) is 1. The first-order chi connectivity index (χ1) is 5.86. The molecule has 0 aromatic heterocycles. The molecule has 12 heavy (non-hydrogen) atoms. The van der Waals surface area contributed by atoms with E-state index < -0.39 is 0 Å². The maximum absolute atomic E-state index is 5.61. The van der Waals surface area contributed by atoms with Crippen LogP contribution in [0.5, 0.6) is 0 Å². The van der Waals surface area contributed by atoms with Gasteiger partial charge in [0.25, 0.3) is 0 Å². The highest BCUT2D eigenvalue weighted by atomic mass is 16.5. The summed E-state index contributed by atoms with van der Waals surface area (Å²) >= 11 is 0. The zero-order chi connectivity index (χ0) is 8.81. The lowest BCUT2D eigenvalue weighted by atomic mass is 9.94. The van der Waals surface area contributed by atoms with Crippen LogP contribution in [0.2, 0.25) is 0 Å². The number of ether oxygens (including phenoxy) is 1. The molecule has 1 N–H and O–H groups in total. The molecule has 0 saturated carbocycles. The molecular weight excluding hydrogens is 150 g/mol. The van der Waals surface area contributed by atoms with Crippen LogP contribution in [0.1, 0.15) is 33.1 Å². The van der Waals surface area contributed by atoms with Gasteiger partial charge in [0.1, 0.15) is 0 Å². The quantitative estimate of drug-likeness (QED) is 0.696. The van der Waals surface area contributed by atoms with Gasteiger partial charge in [0.2, 0.25) is 0 Å². The van der Waals surface area contributed by atoms with Crippen molar-refractivity contribution in [2.75, 3.05) is 19.7 Å². The average Bonchev–Trinajstić information content (AvgIpc) is 2.15. The van der Waals surface area contributed by atoms with Crippen LogP contribution < -0.4 is 5.32 Å². The standard InChI is InChI=1S/C10H21NO/c1-3-10-7-9(5-6-12-10)8-11-4-2/h9-11H,3-8H2,1-2H3. The van der Waals surface area contributed by atoms with E-state index in [-0.39, 0.29) is 0 Å². The minimum Gasteiger partial charge on any atom is -0.378 e. The van der Waals surface area contributed by atoms with E-state index in [2.05, 4.69) is 19.2 Å². The van der Waals surface area contributed by atoms with Gasteiger partial charge in [-0.05, 0) is 38.3 Å². The second-order valence-electron chi connectivity index (χ2n) is 3.60. The molecule has 0 amide bonds. The predicted molar refractivity (Wildman–Crippen MR) is 51.3 cm³/mol. The Labute approximate surface area is 75.7 Å². The summed E-state index contributed by atoms with van der Waals surface area (Å²) in [5.41, 5.74) is 0. The first-order valence-electron chi connectivity index (χ1n) is 5.19. The minimum absolute atomic E-state index is 0.530. The van der Waals surface area contributed by atoms with Crippen LogP contribution in [-0.2, 0) is 4.74 Å². The normalized spacial score (nSPS) is 30.5. The zero-order valence-corrected chi connectivity index (χ0v) is 8.31.